The van der Waals surface area contributed by atoms with Crippen molar-refractivity contribution in [3.63, 3.8) is 0 Å². The first-order chi connectivity index (χ1) is 20.0. The minimum atomic E-state index is -0.0971. The van der Waals surface area contributed by atoms with Crippen LogP contribution in [0.3, 0.4) is 0 Å². The fourth-order valence-corrected chi connectivity index (χ4v) is 6.50. The molecule has 3 aliphatic rings. The predicted octanol–water partition coefficient (Wildman–Crippen LogP) is 4.32. The van der Waals surface area contributed by atoms with Crippen LogP contribution in [0.4, 0.5) is 17.5 Å². The van der Waals surface area contributed by atoms with E-state index in [1.807, 2.05) is 10.6 Å². The van der Waals surface area contributed by atoms with Crippen molar-refractivity contribution < 1.29 is 9.53 Å². The number of carbonyl (C=O) groups excluding carboxylic acids is 1. The lowest BCUT2D eigenvalue weighted by molar-refractivity contribution is 0.0916. The number of methoxy groups -OCH3 is 1. The van der Waals surface area contributed by atoms with Crippen molar-refractivity contribution in [2.45, 2.75) is 70.0 Å². The Morgan fingerprint density at radius 3 is 2.66 bits per heavy atom. The molecule has 2 aromatic heterocycles. The molecule has 2 fully saturated rings. The largest absolute Gasteiger partial charge is 0.495 e. The Labute approximate surface area is 240 Å². The molecular weight excluding hydrogens is 518 g/mol. The number of anilines is 3. The molecule has 4 heterocycles. The van der Waals surface area contributed by atoms with Crippen LogP contribution in [0.5, 0.6) is 5.75 Å². The van der Waals surface area contributed by atoms with Gasteiger partial charge in [0.25, 0.3) is 5.91 Å². The summed E-state index contributed by atoms with van der Waals surface area (Å²) in [4.78, 5) is 31.7. The Morgan fingerprint density at radius 2 is 1.95 bits per heavy atom. The van der Waals surface area contributed by atoms with Gasteiger partial charge in [-0.3, -0.25) is 9.36 Å². The Balaban J connectivity index is 1.29. The van der Waals surface area contributed by atoms with E-state index in [-0.39, 0.29) is 18.0 Å². The zero-order valence-electron chi connectivity index (χ0n) is 23.9. The summed E-state index contributed by atoms with van der Waals surface area (Å²) in [7, 11) is 3.70. The second-order valence-corrected chi connectivity index (χ2v) is 11.2. The third-order valence-corrected chi connectivity index (χ3v) is 8.68. The summed E-state index contributed by atoms with van der Waals surface area (Å²) < 4.78 is 7.63. The van der Waals surface area contributed by atoms with E-state index >= 15 is 0 Å². The van der Waals surface area contributed by atoms with Crippen molar-refractivity contribution >= 4 is 23.4 Å². The van der Waals surface area contributed by atoms with Gasteiger partial charge in [0.1, 0.15) is 23.8 Å². The van der Waals surface area contributed by atoms with Crippen molar-refractivity contribution in [2.24, 2.45) is 0 Å². The van der Waals surface area contributed by atoms with Crippen molar-refractivity contribution in [3.05, 3.63) is 47.7 Å². The molecule has 11 nitrogen and oxygen atoms in total. The maximum atomic E-state index is 13.0. The number of nitrogens with one attached hydrogen (secondary N) is 2. The number of rotatable bonds is 7. The zero-order valence-corrected chi connectivity index (χ0v) is 23.9. The normalized spacial score (nSPS) is 19.4. The number of ether oxygens (including phenoxy) is 1. The number of imidazole rings is 1. The molecule has 0 radical (unpaired) electrons. The molecule has 1 saturated heterocycles. The van der Waals surface area contributed by atoms with Crippen LogP contribution in [-0.4, -0.2) is 69.7 Å². The second-order valence-electron chi connectivity index (χ2n) is 11.2. The molecule has 1 amide bonds. The molecule has 3 aromatic rings. The fraction of sp³-hybridized carbons (Fsp3) is 0.500. The average molecular weight is 556 g/mol. The van der Waals surface area contributed by atoms with Gasteiger partial charge in [0, 0.05) is 17.6 Å². The molecule has 2 aliphatic heterocycles. The summed E-state index contributed by atoms with van der Waals surface area (Å²) in [5.74, 6) is 1.72. The van der Waals surface area contributed by atoms with E-state index in [4.69, 9.17) is 9.72 Å². The van der Waals surface area contributed by atoms with E-state index in [0.29, 0.717) is 34.7 Å². The first-order valence-electron chi connectivity index (χ1n) is 14.6. The Kier molecular flexibility index (Phi) is 7.49. The monoisotopic (exact) mass is 555 g/mol. The molecule has 2 N–H and O–H groups in total. The molecule has 1 aliphatic carbocycles. The highest BCUT2D eigenvalue weighted by atomic mass is 16.5. The number of carbonyl (C=O) groups is 1. The molecule has 1 unspecified atom stereocenters. The Bertz CT molecular complexity index is 1470. The standard InChI is InChI=1S/C30H37N9O2/c1-4-24-27-23(16-31)33-18-38(27)25-17-32-30(36-28(25)39(24)21-7-5-6-8-21)35-22-10-9-19(15-26(22)41-3)29(40)34-20-11-13-37(2)14-12-20/h9-10,15,17-18,20-21,24H,4-8,11-14H2,1-3H3,(H,34,40)(H,32,35,36). The van der Waals surface area contributed by atoms with Crippen LogP contribution in [0.15, 0.2) is 30.7 Å². The molecule has 1 atom stereocenters. The van der Waals surface area contributed by atoms with Crippen molar-refractivity contribution in [2.75, 3.05) is 37.5 Å². The predicted molar refractivity (Wildman–Crippen MR) is 156 cm³/mol. The number of benzene rings is 1. The third kappa shape index (κ3) is 5.08. The highest BCUT2D eigenvalue weighted by Gasteiger charge is 2.39. The number of piperidine rings is 1. The van der Waals surface area contributed by atoms with Crippen molar-refractivity contribution in [1.82, 2.24) is 29.7 Å². The van der Waals surface area contributed by atoms with E-state index in [9.17, 15) is 10.1 Å². The molecule has 1 aromatic carbocycles. The van der Waals surface area contributed by atoms with E-state index in [0.717, 1.165) is 62.4 Å². The first kappa shape index (κ1) is 27.0. The second kappa shape index (κ2) is 11.4. The van der Waals surface area contributed by atoms with Crippen LogP contribution >= 0.6 is 0 Å². The molecule has 1 saturated carbocycles. The molecule has 41 heavy (non-hydrogen) atoms. The van der Waals surface area contributed by atoms with Gasteiger partial charge in [-0.15, -0.1) is 0 Å². The lowest BCUT2D eigenvalue weighted by atomic mass is 10.0. The number of nitriles is 1. The lowest BCUT2D eigenvalue weighted by Gasteiger charge is -2.41. The molecule has 0 spiro atoms. The van der Waals surface area contributed by atoms with Crippen molar-refractivity contribution in [3.8, 4) is 17.5 Å². The van der Waals surface area contributed by atoms with E-state index < -0.39 is 0 Å². The van der Waals surface area contributed by atoms with Gasteiger partial charge in [0.15, 0.2) is 11.5 Å². The van der Waals surface area contributed by atoms with E-state index in [1.54, 1.807) is 31.8 Å². The summed E-state index contributed by atoms with van der Waals surface area (Å²) in [6.45, 7) is 4.11. The van der Waals surface area contributed by atoms with Gasteiger partial charge in [0.05, 0.1) is 30.7 Å². The van der Waals surface area contributed by atoms with Crippen LogP contribution in [0, 0.1) is 11.3 Å². The van der Waals surface area contributed by atoms with Gasteiger partial charge in [-0.25, -0.2) is 9.97 Å². The van der Waals surface area contributed by atoms with Gasteiger partial charge >= 0.3 is 0 Å². The highest BCUT2D eigenvalue weighted by molar-refractivity contribution is 5.95. The van der Waals surface area contributed by atoms with Crippen LogP contribution in [-0.2, 0) is 0 Å². The number of likely N-dealkylation sites (tertiary alicyclic amines) is 1. The quantitative estimate of drug-likeness (QED) is 0.438. The topological polar surface area (TPSA) is 124 Å². The van der Waals surface area contributed by atoms with Gasteiger partial charge < -0.3 is 25.2 Å². The SMILES string of the molecule is CCC1c2c(C#N)ncn2-c2cnc(Nc3ccc(C(=O)NC4CCN(C)CC4)cc3OC)nc2N1C1CCCC1. The third-order valence-electron chi connectivity index (χ3n) is 8.68. The van der Waals surface area contributed by atoms with E-state index in [2.05, 4.69) is 50.4 Å². The van der Waals surface area contributed by atoms with Gasteiger partial charge in [-0.2, -0.15) is 10.2 Å². The summed E-state index contributed by atoms with van der Waals surface area (Å²) >= 11 is 0. The van der Waals surface area contributed by atoms with Crippen LogP contribution in [0.1, 0.15) is 79.7 Å². The van der Waals surface area contributed by atoms with Gasteiger partial charge in [0.2, 0.25) is 5.95 Å². The maximum Gasteiger partial charge on any atom is 0.251 e. The molecule has 11 heteroatoms. The number of fused-ring (bicyclic) bond motifs is 3. The van der Waals surface area contributed by atoms with E-state index in [1.165, 1.54) is 12.8 Å². The highest BCUT2D eigenvalue weighted by Crippen LogP contribution is 2.44. The minimum absolute atomic E-state index is 0.00222. The summed E-state index contributed by atoms with van der Waals surface area (Å²) in [5, 5.41) is 16.3. The number of nitrogens with zero attached hydrogens (tertiary/aromatic N) is 7. The average Bonchev–Trinajstić information content (AvgIpc) is 3.68. The van der Waals surface area contributed by atoms with Crippen LogP contribution in [0.2, 0.25) is 0 Å². The Morgan fingerprint density at radius 1 is 1.17 bits per heavy atom. The lowest BCUT2D eigenvalue weighted by Crippen LogP contribution is -2.43. The first-order valence-corrected chi connectivity index (χ1v) is 14.6. The minimum Gasteiger partial charge on any atom is -0.495 e. The number of aromatic nitrogens is 4. The molecular formula is C30H37N9O2. The number of hydrogen-bond donors (Lipinski definition) is 2. The number of amides is 1. The summed E-state index contributed by atoms with van der Waals surface area (Å²) in [5.41, 5.74) is 3.42. The zero-order chi connectivity index (χ0) is 28.5. The Hall–Kier alpha value is -4.17. The van der Waals surface area contributed by atoms with Gasteiger partial charge in [-0.1, -0.05) is 19.8 Å². The molecule has 214 valence electrons. The summed E-state index contributed by atoms with van der Waals surface area (Å²) in [6, 6.07) is 8.19. The smallest absolute Gasteiger partial charge is 0.251 e. The van der Waals surface area contributed by atoms with Crippen LogP contribution in [0.25, 0.3) is 5.69 Å². The maximum absolute atomic E-state index is 13.0. The molecule has 6 rings (SSSR count). The van der Waals surface area contributed by atoms with Crippen molar-refractivity contribution in [1.29, 1.82) is 5.26 Å². The van der Waals surface area contributed by atoms with Gasteiger partial charge in [-0.05, 0) is 70.4 Å². The number of hydrogen-bond acceptors (Lipinski definition) is 9. The van der Waals surface area contributed by atoms with Crippen LogP contribution < -0.4 is 20.3 Å². The molecule has 0 bridgehead atoms. The fourth-order valence-electron chi connectivity index (χ4n) is 6.50. The summed E-state index contributed by atoms with van der Waals surface area (Å²) in [6.07, 6.45) is 10.8.